The molecule has 1 aromatic rings. The summed E-state index contributed by atoms with van der Waals surface area (Å²) in [4.78, 5) is 10.1. The summed E-state index contributed by atoms with van der Waals surface area (Å²) in [5.74, 6) is -1.38. The molecule has 1 rings (SSSR count). The molecule has 0 saturated heterocycles. The second kappa shape index (κ2) is 4.18. The Balaban J connectivity index is 3.37. The zero-order chi connectivity index (χ0) is 11.6. The van der Waals surface area contributed by atoms with Gasteiger partial charge in [-0.15, -0.1) is 11.6 Å². The second-order valence-electron chi connectivity index (χ2n) is 2.71. The number of aliphatic carboxylic acids is 1. The first-order valence-corrected chi connectivity index (χ1v) is 5.65. The summed E-state index contributed by atoms with van der Waals surface area (Å²) >= 11 is 5.48. The van der Waals surface area contributed by atoms with Gasteiger partial charge < -0.3 is 5.11 Å². The standard InChI is InChI=1S/C8H7ClO5S/c9-7(8(10)11)5-3-1-2-4-6(5)15(12,13)14/h1-4,7H,(H,10,11)(H,12,13,14). The van der Waals surface area contributed by atoms with E-state index in [0.29, 0.717) is 0 Å². The lowest BCUT2D eigenvalue weighted by Gasteiger charge is -2.08. The molecule has 1 atom stereocenters. The molecule has 0 aliphatic rings. The van der Waals surface area contributed by atoms with E-state index < -0.39 is 26.4 Å². The summed E-state index contributed by atoms with van der Waals surface area (Å²) in [6.45, 7) is 0. The van der Waals surface area contributed by atoms with Crippen LogP contribution in [0.25, 0.3) is 0 Å². The molecule has 0 bridgehead atoms. The number of rotatable bonds is 3. The van der Waals surface area contributed by atoms with Gasteiger partial charge in [-0.1, -0.05) is 18.2 Å². The lowest BCUT2D eigenvalue weighted by atomic mass is 10.1. The molecule has 82 valence electrons. The molecular weight excluding hydrogens is 244 g/mol. The Morgan fingerprint density at radius 1 is 1.33 bits per heavy atom. The topological polar surface area (TPSA) is 91.7 Å². The van der Waals surface area contributed by atoms with Crippen LogP contribution in [-0.2, 0) is 14.9 Å². The van der Waals surface area contributed by atoms with Crippen LogP contribution in [0.2, 0.25) is 0 Å². The van der Waals surface area contributed by atoms with E-state index >= 15 is 0 Å². The monoisotopic (exact) mass is 250 g/mol. The highest BCUT2D eigenvalue weighted by atomic mass is 35.5. The van der Waals surface area contributed by atoms with Crippen LogP contribution in [0.5, 0.6) is 0 Å². The Labute approximate surface area is 91.0 Å². The fourth-order valence-electron chi connectivity index (χ4n) is 1.06. The number of carboxylic acid groups (broad SMARTS) is 1. The summed E-state index contributed by atoms with van der Waals surface area (Å²) in [7, 11) is -4.46. The van der Waals surface area contributed by atoms with Gasteiger partial charge in [0.1, 0.15) is 0 Å². The van der Waals surface area contributed by atoms with Crippen molar-refractivity contribution in [2.24, 2.45) is 0 Å². The molecule has 1 aromatic carbocycles. The average Bonchev–Trinajstić information content (AvgIpc) is 2.15. The van der Waals surface area contributed by atoms with Crippen molar-refractivity contribution in [3.63, 3.8) is 0 Å². The van der Waals surface area contributed by atoms with Crippen LogP contribution in [0.4, 0.5) is 0 Å². The summed E-state index contributed by atoms with van der Waals surface area (Å²) in [6, 6.07) is 5.11. The van der Waals surface area contributed by atoms with E-state index in [1.807, 2.05) is 0 Å². The third-order valence-corrected chi connectivity index (χ3v) is 3.04. The van der Waals surface area contributed by atoms with E-state index in [4.69, 9.17) is 21.3 Å². The summed E-state index contributed by atoms with van der Waals surface area (Å²) < 4.78 is 30.6. The highest BCUT2D eigenvalue weighted by molar-refractivity contribution is 7.85. The van der Waals surface area contributed by atoms with Gasteiger partial charge in [0, 0.05) is 5.56 Å². The van der Waals surface area contributed by atoms with Crippen LogP contribution in [-0.4, -0.2) is 24.0 Å². The first-order chi connectivity index (χ1) is 6.84. The van der Waals surface area contributed by atoms with Gasteiger partial charge in [-0.05, 0) is 6.07 Å². The van der Waals surface area contributed by atoms with Gasteiger partial charge in [-0.3, -0.25) is 9.35 Å². The zero-order valence-electron chi connectivity index (χ0n) is 7.29. The molecule has 7 heteroatoms. The molecule has 0 amide bonds. The fourth-order valence-corrected chi connectivity index (χ4v) is 2.05. The van der Waals surface area contributed by atoms with Gasteiger partial charge in [0.25, 0.3) is 10.1 Å². The smallest absolute Gasteiger partial charge is 0.326 e. The van der Waals surface area contributed by atoms with Crippen LogP contribution in [0.1, 0.15) is 10.9 Å². The van der Waals surface area contributed by atoms with E-state index in [1.54, 1.807) is 0 Å². The molecular formula is C8H7ClO5S. The first kappa shape index (κ1) is 12.0. The maximum Gasteiger partial charge on any atom is 0.326 e. The van der Waals surface area contributed by atoms with Gasteiger partial charge >= 0.3 is 5.97 Å². The fraction of sp³-hybridized carbons (Fsp3) is 0.125. The van der Waals surface area contributed by atoms with Crippen molar-refractivity contribution in [1.82, 2.24) is 0 Å². The zero-order valence-corrected chi connectivity index (χ0v) is 8.86. The molecule has 0 saturated carbocycles. The minimum Gasteiger partial charge on any atom is -0.480 e. The number of carboxylic acids is 1. The molecule has 0 fully saturated rings. The molecule has 2 N–H and O–H groups in total. The average molecular weight is 251 g/mol. The van der Waals surface area contributed by atoms with Crippen LogP contribution in [0, 0.1) is 0 Å². The largest absolute Gasteiger partial charge is 0.480 e. The lowest BCUT2D eigenvalue weighted by Crippen LogP contribution is -2.10. The number of benzene rings is 1. The summed E-state index contributed by atoms with van der Waals surface area (Å²) in [5.41, 5.74) is -0.158. The first-order valence-electron chi connectivity index (χ1n) is 3.77. The molecule has 5 nitrogen and oxygen atoms in total. The minimum atomic E-state index is -4.46. The van der Waals surface area contributed by atoms with Gasteiger partial charge in [-0.2, -0.15) is 8.42 Å². The Bertz CT molecular complexity index is 482. The number of halogens is 1. The summed E-state index contributed by atoms with van der Waals surface area (Å²) in [6.07, 6.45) is 0. The number of hydrogen-bond acceptors (Lipinski definition) is 3. The predicted molar refractivity (Wildman–Crippen MR) is 52.5 cm³/mol. The number of hydrogen-bond donors (Lipinski definition) is 2. The van der Waals surface area contributed by atoms with Gasteiger partial charge in [0.2, 0.25) is 0 Å². The van der Waals surface area contributed by atoms with E-state index in [0.717, 1.165) is 6.07 Å². The SMILES string of the molecule is O=C(O)C(Cl)c1ccccc1S(=O)(=O)O. The van der Waals surface area contributed by atoms with Crippen molar-refractivity contribution < 1.29 is 22.9 Å². The lowest BCUT2D eigenvalue weighted by molar-refractivity contribution is -0.136. The van der Waals surface area contributed by atoms with Crippen LogP contribution < -0.4 is 0 Å². The van der Waals surface area contributed by atoms with Crippen LogP contribution in [0.3, 0.4) is 0 Å². The van der Waals surface area contributed by atoms with Gasteiger partial charge in [-0.25, -0.2) is 0 Å². The quantitative estimate of drug-likeness (QED) is 0.623. The predicted octanol–water partition coefficient (Wildman–Crippen LogP) is 1.30. The second-order valence-corrected chi connectivity index (χ2v) is 4.54. The maximum absolute atomic E-state index is 10.9. The van der Waals surface area contributed by atoms with Crippen molar-refractivity contribution in [3.05, 3.63) is 29.8 Å². The normalized spacial score (nSPS) is 13.5. The number of alkyl halides is 1. The van der Waals surface area contributed by atoms with Gasteiger partial charge in [0.15, 0.2) is 5.38 Å². The molecule has 1 unspecified atom stereocenters. The Hall–Kier alpha value is -1.11. The van der Waals surface area contributed by atoms with Crippen molar-refractivity contribution >= 4 is 27.7 Å². The van der Waals surface area contributed by atoms with E-state index in [-0.39, 0.29) is 5.56 Å². The van der Waals surface area contributed by atoms with Crippen molar-refractivity contribution in [1.29, 1.82) is 0 Å². The third kappa shape index (κ3) is 2.68. The van der Waals surface area contributed by atoms with E-state index in [2.05, 4.69) is 0 Å². The molecule has 0 aliphatic carbocycles. The number of carbonyl (C=O) groups is 1. The van der Waals surface area contributed by atoms with Crippen LogP contribution in [0.15, 0.2) is 29.2 Å². The molecule has 0 radical (unpaired) electrons. The Morgan fingerprint density at radius 2 is 1.87 bits per heavy atom. The highest BCUT2D eigenvalue weighted by Gasteiger charge is 2.24. The summed E-state index contributed by atoms with van der Waals surface area (Å²) in [5, 5.41) is 7.11. The van der Waals surface area contributed by atoms with Crippen LogP contribution >= 0.6 is 11.6 Å². The maximum atomic E-state index is 10.9. The minimum absolute atomic E-state index is 0.158. The Kier molecular flexibility index (Phi) is 3.33. The van der Waals surface area contributed by atoms with Crippen molar-refractivity contribution in [3.8, 4) is 0 Å². The van der Waals surface area contributed by atoms with E-state index in [1.165, 1.54) is 18.2 Å². The molecule has 0 aromatic heterocycles. The molecule has 0 heterocycles. The molecule has 15 heavy (non-hydrogen) atoms. The van der Waals surface area contributed by atoms with Crippen molar-refractivity contribution in [2.45, 2.75) is 10.3 Å². The highest BCUT2D eigenvalue weighted by Crippen LogP contribution is 2.27. The third-order valence-electron chi connectivity index (χ3n) is 1.69. The van der Waals surface area contributed by atoms with E-state index in [9.17, 15) is 13.2 Å². The Morgan fingerprint density at radius 3 is 2.33 bits per heavy atom. The van der Waals surface area contributed by atoms with Gasteiger partial charge in [0.05, 0.1) is 4.90 Å². The molecule has 0 spiro atoms. The van der Waals surface area contributed by atoms with Crippen molar-refractivity contribution in [2.75, 3.05) is 0 Å². The molecule has 0 aliphatic heterocycles.